The first-order valence-electron chi connectivity index (χ1n) is 9.12. The molecular weight excluding hydrogens is 326 g/mol. The molecule has 1 fully saturated rings. The molecule has 1 heterocycles. The largest absolute Gasteiger partial charge is 0.497 e. The van der Waals surface area contributed by atoms with Crippen LogP contribution in [0.25, 0.3) is 0 Å². The third-order valence-electron chi connectivity index (χ3n) is 5.55. The first-order chi connectivity index (χ1) is 12.4. The van der Waals surface area contributed by atoms with E-state index in [0.717, 1.165) is 42.8 Å². The Kier molecular flexibility index (Phi) is 5.44. The van der Waals surface area contributed by atoms with Gasteiger partial charge in [-0.2, -0.15) is 0 Å². The second-order valence-electron chi connectivity index (χ2n) is 7.21. The number of hydrogen-bond acceptors (Lipinski definition) is 4. The second-order valence-corrected chi connectivity index (χ2v) is 7.21. The van der Waals surface area contributed by atoms with Gasteiger partial charge in [0.15, 0.2) is 5.78 Å². The number of ether oxygens (including phenoxy) is 1. The number of ketones is 1. The van der Waals surface area contributed by atoms with E-state index >= 15 is 0 Å². The summed E-state index contributed by atoms with van der Waals surface area (Å²) in [5.41, 5.74) is 1.21. The molecule has 138 valence electrons. The average molecular weight is 353 g/mol. The Labute approximate surface area is 155 Å². The van der Waals surface area contributed by atoms with Crippen molar-refractivity contribution in [1.29, 1.82) is 0 Å². The molecule has 1 N–H and O–H groups in total. The number of aliphatic hydroxyl groups is 1. The van der Waals surface area contributed by atoms with Gasteiger partial charge in [0.05, 0.1) is 7.11 Å². The van der Waals surface area contributed by atoms with Crippen molar-refractivity contribution < 1.29 is 14.6 Å². The third kappa shape index (κ3) is 3.53. The average Bonchev–Trinajstić information content (AvgIpc) is 2.68. The minimum atomic E-state index is -1.11. The fourth-order valence-corrected chi connectivity index (χ4v) is 3.88. The van der Waals surface area contributed by atoms with Gasteiger partial charge in [-0.1, -0.05) is 36.4 Å². The molecule has 0 spiro atoms. The fourth-order valence-electron chi connectivity index (χ4n) is 3.88. The number of methoxy groups -OCH3 is 1. The van der Waals surface area contributed by atoms with E-state index in [1.165, 1.54) is 0 Å². The Bertz CT molecular complexity index is 763. The van der Waals surface area contributed by atoms with Crippen molar-refractivity contribution in [3.63, 3.8) is 0 Å². The van der Waals surface area contributed by atoms with E-state index in [1.54, 1.807) is 26.2 Å². The summed E-state index contributed by atoms with van der Waals surface area (Å²) in [5, 5.41) is 12.0. The van der Waals surface area contributed by atoms with E-state index in [9.17, 15) is 9.90 Å². The van der Waals surface area contributed by atoms with E-state index in [2.05, 4.69) is 11.9 Å². The van der Waals surface area contributed by atoms with E-state index < -0.39 is 5.60 Å². The molecule has 26 heavy (non-hydrogen) atoms. The smallest absolute Gasteiger partial charge is 0.159 e. The topological polar surface area (TPSA) is 49.8 Å². The molecule has 4 heteroatoms. The third-order valence-corrected chi connectivity index (χ3v) is 5.55. The standard InChI is InChI=1S/C22H27NO3/c1-16(24)17-7-9-18(10-8-17)22(25,19-11-13-23(2)14-12-19)20-5-4-6-21(15-20)26-3/h4-10,15,19,25H,11-14H2,1-3H3. The van der Waals surface area contributed by atoms with Crippen LogP contribution in [0.15, 0.2) is 48.5 Å². The zero-order chi connectivity index (χ0) is 18.7. The van der Waals surface area contributed by atoms with Gasteiger partial charge in [-0.05, 0) is 69.1 Å². The van der Waals surface area contributed by atoms with E-state index in [4.69, 9.17) is 4.74 Å². The van der Waals surface area contributed by atoms with Crippen LogP contribution < -0.4 is 4.74 Å². The molecule has 3 rings (SSSR count). The molecule has 1 atom stereocenters. The zero-order valence-corrected chi connectivity index (χ0v) is 15.7. The van der Waals surface area contributed by atoms with Crippen LogP contribution in [-0.4, -0.2) is 43.0 Å². The maximum Gasteiger partial charge on any atom is 0.159 e. The number of rotatable bonds is 5. The highest BCUT2D eigenvalue weighted by molar-refractivity contribution is 5.94. The number of carbonyl (C=O) groups is 1. The Morgan fingerprint density at radius 3 is 2.35 bits per heavy atom. The minimum absolute atomic E-state index is 0.0285. The lowest BCUT2D eigenvalue weighted by atomic mass is 9.72. The molecule has 0 aromatic heterocycles. The van der Waals surface area contributed by atoms with Crippen molar-refractivity contribution in [1.82, 2.24) is 4.90 Å². The molecule has 0 aliphatic carbocycles. The normalized spacial score (nSPS) is 18.3. The minimum Gasteiger partial charge on any atom is -0.497 e. The lowest BCUT2D eigenvalue weighted by Crippen LogP contribution is -2.43. The number of Topliss-reactive ketones (excluding diaryl/α,β-unsaturated/α-hetero) is 1. The predicted octanol–water partition coefficient (Wildman–Crippen LogP) is 3.48. The van der Waals surface area contributed by atoms with Crippen LogP contribution >= 0.6 is 0 Å². The Morgan fingerprint density at radius 1 is 1.12 bits per heavy atom. The van der Waals surface area contributed by atoms with Crippen LogP contribution in [0.2, 0.25) is 0 Å². The Hall–Kier alpha value is -2.17. The van der Waals surface area contributed by atoms with Gasteiger partial charge in [0.25, 0.3) is 0 Å². The van der Waals surface area contributed by atoms with Gasteiger partial charge in [-0.15, -0.1) is 0 Å². The predicted molar refractivity (Wildman–Crippen MR) is 103 cm³/mol. The number of hydrogen-bond donors (Lipinski definition) is 1. The van der Waals surface area contributed by atoms with Crippen LogP contribution in [0.4, 0.5) is 0 Å². The van der Waals surface area contributed by atoms with Crippen molar-refractivity contribution in [3.8, 4) is 5.75 Å². The summed E-state index contributed by atoms with van der Waals surface area (Å²) in [7, 11) is 3.75. The lowest BCUT2D eigenvalue weighted by molar-refractivity contribution is -0.0110. The van der Waals surface area contributed by atoms with Gasteiger partial charge >= 0.3 is 0 Å². The molecule has 1 aliphatic heterocycles. The Morgan fingerprint density at radius 2 is 1.77 bits per heavy atom. The highest BCUT2D eigenvalue weighted by atomic mass is 16.5. The molecule has 2 aromatic rings. The molecular formula is C22H27NO3. The van der Waals surface area contributed by atoms with Crippen LogP contribution in [0.3, 0.4) is 0 Å². The molecule has 1 aliphatic rings. The van der Waals surface area contributed by atoms with E-state index in [0.29, 0.717) is 5.56 Å². The summed E-state index contributed by atoms with van der Waals surface area (Å²) in [6.45, 7) is 3.48. The summed E-state index contributed by atoms with van der Waals surface area (Å²) in [6.07, 6.45) is 1.83. The highest BCUT2D eigenvalue weighted by Gasteiger charge is 2.41. The number of nitrogens with zero attached hydrogens (tertiary/aromatic N) is 1. The second kappa shape index (κ2) is 7.60. The Balaban J connectivity index is 2.07. The monoisotopic (exact) mass is 353 g/mol. The van der Waals surface area contributed by atoms with Crippen molar-refractivity contribution in [2.75, 3.05) is 27.2 Å². The molecule has 4 nitrogen and oxygen atoms in total. The number of benzene rings is 2. The molecule has 2 aromatic carbocycles. The van der Waals surface area contributed by atoms with Crippen molar-refractivity contribution in [2.45, 2.75) is 25.4 Å². The van der Waals surface area contributed by atoms with E-state index in [1.807, 2.05) is 36.4 Å². The lowest BCUT2D eigenvalue weighted by Gasteiger charge is -2.41. The van der Waals surface area contributed by atoms with Gasteiger partial charge < -0.3 is 14.7 Å². The summed E-state index contributed by atoms with van der Waals surface area (Å²) in [5.74, 6) is 0.865. The molecule has 0 amide bonds. The SMILES string of the molecule is COc1cccc(C(O)(c2ccc(C(C)=O)cc2)C2CCN(C)CC2)c1. The quantitative estimate of drug-likeness (QED) is 0.836. The van der Waals surface area contributed by atoms with Gasteiger partial charge in [0.2, 0.25) is 0 Å². The highest BCUT2D eigenvalue weighted by Crippen LogP contribution is 2.42. The number of carbonyl (C=O) groups excluding carboxylic acids is 1. The summed E-state index contributed by atoms with van der Waals surface area (Å²) in [6, 6.07) is 15.0. The van der Waals surface area contributed by atoms with Crippen molar-refractivity contribution in [2.24, 2.45) is 5.92 Å². The molecule has 0 bridgehead atoms. The van der Waals surface area contributed by atoms with Gasteiger partial charge in [0, 0.05) is 5.56 Å². The molecule has 1 unspecified atom stereocenters. The number of piperidine rings is 1. The summed E-state index contributed by atoms with van der Waals surface area (Å²) in [4.78, 5) is 13.9. The molecule has 0 radical (unpaired) electrons. The molecule has 1 saturated heterocycles. The van der Waals surface area contributed by atoms with Crippen molar-refractivity contribution >= 4 is 5.78 Å². The fraction of sp³-hybridized carbons (Fsp3) is 0.409. The van der Waals surface area contributed by atoms with Crippen LogP contribution in [-0.2, 0) is 5.60 Å². The zero-order valence-electron chi connectivity index (χ0n) is 15.7. The van der Waals surface area contributed by atoms with Crippen LogP contribution in [0.5, 0.6) is 5.75 Å². The van der Waals surface area contributed by atoms with Crippen molar-refractivity contribution in [3.05, 3.63) is 65.2 Å². The first-order valence-corrected chi connectivity index (χ1v) is 9.12. The van der Waals surface area contributed by atoms with Gasteiger partial charge in [-0.25, -0.2) is 0 Å². The maximum atomic E-state index is 12.0. The first kappa shape index (κ1) is 18.6. The van der Waals surface area contributed by atoms with Crippen LogP contribution in [0, 0.1) is 5.92 Å². The van der Waals surface area contributed by atoms with Gasteiger partial charge in [0.1, 0.15) is 11.4 Å². The maximum absolute atomic E-state index is 12.0. The van der Waals surface area contributed by atoms with Crippen LogP contribution in [0.1, 0.15) is 41.3 Å². The number of likely N-dealkylation sites (tertiary alicyclic amines) is 1. The van der Waals surface area contributed by atoms with Gasteiger partial charge in [-0.3, -0.25) is 4.79 Å². The molecule has 0 saturated carbocycles. The summed E-state index contributed by atoms with van der Waals surface area (Å²) < 4.78 is 5.38. The van der Waals surface area contributed by atoms with E-state index in [-0.39, 0.29) is 11.7 Å². The summed E-state index contributed by atoms with van der Waals surface area (Å²) >= 11 is 0.